The molecule has 62 heavy (non-hydrogen) atoms. The summed E-state index contributed by atoms with van der Waals surface area (Å²) in [7, 11) is 0. The predicted octanol–water partition coefficient (Wildman–Crippen LogP) is 17.5. The molecule has 360 valence electrons. The topological polar surface area (TPSA) is 78.9 Å². The van der Waals surface area contributed by atoms with Crippen molar-refractivity contribution in [1.82, 2.24) is 0 Å². The van der Waals surface area contributed by atoms with Crippen molar-refractivity contribution >= 4 is 17.9 Å². The molecule has 1 unspecified atom stereocenters. The van der Waals surface area contributed by atoms with Crippen molar-refractivity contribution in [3.8, 4) is 0 Å². The Morgan fingerprint density at radius 1 is 0.339 bits per heavy atom. The third-order valence-corrected chi connectivity index (χ3v) is 11.6. The van der Waals surface area contributed by atoms with Gasteiger partial charge in [-0.05, 0) is 57.8 Å². The second-order valence-corrected chi connectivity index (χ2v) is 17.8. The molecule has 0 saturated heterocycles. The van der Waals surface area contributed by atoms with Gasteiger partial charge in [-0.1, -0.05) is 243 Å². The average molecular weight is 869 g/mol. The molecule has 0 rings (SSSR count). The van der Waals surface area contributed by atoms with Crippen LogP contribution in [0.4, 0.5) is 0 Å². The first-order valence-corrected chi connectivity index (χ1v) is 26.6. The fraction of sp³-hybridized carbons (Fsp3) is 0.804. The number of allylic oxidation sites excluding steroid dienone is 8. The van der Waals surface area contributed by atoms with E-state index in [4.69, 9.17) is 14.2 Å². The summed E-state index contributed by atoms with van der Waals surface area (Å²) in [6.07, 6.45) is 61.5. The zero-order valence-corrected chi connectivity index (χ0v) is 41.1. The number of carbonyl (C=O) groups excluding carboxylic acids is 3. The molecule has 6 heteroatoms. The molecule has 0 aliphatic heterocycles. The fourth-order valence-corrected chi connectivity index (χ4v) is 7.61. The Balaban J connectivity index is 4.12. The highest BCUT2D eigenvalue weighted by atomic mass is 16.6. The van der Waals surface area contributed by atoms with Gasteiger partial charge in [-0.15, -0.1) is 0 Å². The average Bonchev–Trinajstić information content (AvgIpc) is 3.27. The third-order valence-electron chi connectivity index (χ3n) is 11.6. The molecular weight excluding hydrogens is 769 g/mol. The van der Waals surface area contributed by atoms with E-state index in [-0.39, 0.29) is 31.1 Å². The number of hydrogen-bond donors (Lipinski definition) is 0. The molecule has 0 saturated carbocycles. The summed E-state index contributed by atoms with van der Waals surface area (Å²) in [5, 5.41) is 0. The highest BCUT2D eigenvalue weighted by Gasteiger charge is 2.19. The molecule has 6 nitrogen and oxygen atoms in total. The summed E-state index contributed by atoms with van der Waals surface area (Å²) < 4.78 is 16.7. The van der Waals surface area contributed by atoms with Gasteiger partial charge in [0, 0.05) is 19.3 Å². The van der Waals surface area contributed by atoms with E-state index in [0.717, 1.165) is 103 Å². The highest BCUT2D eigenvalue weighted by molar-refractivity contribution is 5.71. The van der Waals surface area contributed by atoms with Crippen molar-refractivity contribution in [3.05, 3.63) is 48.6 Å². The van der Waals surface area contributed by atoms with Gasteiger partial charge < -0.3 is 14.2 Å². The second kappa shape index (κ2) is 51.0. The summed E-state index contributed by atoms with van der Waals surface area (Å²) in [6.45, 7) is 6.44. The molecule has 0 aromatic carbocycles. The fourth-order valence-electron chi connectivity index (χ4n) is 7.61. The maximum absolute atomic E-state index is 12.7. The van der Waals surface area contributed by atoms with Gasteiger partial charge in [-0.25, -0.2) is 0 Å². The molecule has 0 heterocycles. The quantitative estimate of drug-likeness (QED) is 0.0262. The van der Waals surface area contributed by atoms with E-state index >= 15 is 0 Å². The molecular formula is C56H100O6. The van der Waals surface area contributed by atoms with Crippen LogP contribution in [0.5, 0.6) is 0 Å². The Hall–Kier alpha value is -2.63. The smallest absolute Gasteiger partial charge is 0.306 e. The third kappa shape index (κ3) is 48.4. The van der Waals surface area contributed by atoms with Crippen molar-refractivity contribution in [2.75, 3.05) is 13.2 Å². The predicted molar refractivity (Wildman–Crippen MR) is 265 cm³/mol. The van der Waals surface area contributed by atoms with Crippen LogP contribution in [0.25, 0.3) is 0 Å². The maximum Gasteiger partial charge on any atom is 0.306 e. The van der Waals surface area contributed by atoms with Gasteiger partial charge in [-0.3, -0.25) is 14.4 Å². The Morgan fingerprint density at radius 3 is 0.984 bits per heavy atom. The largest absolute Gasteiger partial charge is 0.462 e. The molecule has 0 aromatic heterocycles. The number of unbranched alkanes of at least 4 members (excludes halogenated alkanes) is 29. The molecule has 0 spiro atoms. The standard InChI is InChI=1S/C56H100O6/c1-4-7-10-13-15-17-19-21-23-25-26-27-28-29-31-32-34-36-38-40-43-46-49-55(58)61-52-53(51-60-54(57)48-45-42-12-9-6-3)62-56(59)50-47-44-41-39-37-35-33-30-24-22-20-18-16-14-11-8-5-2/h8,11,16,18,22,24,33,35,53H,4-7,9-10,12-15,17,19-21,23,25-32,34,36-52H2,1-3H3/b11-8-,18-16-,24-22-,35-33-. The van der Waals surface area contributed by atoms with Gasteiger partial charge in [0.25, 0.3) is 0 Å². The normalized spacial score (nSPS) is 12.4. The Labute approximate surface area is 384 Å². The van der Waals surface area contributed by atoms with Crippen LogP contribution in [0.3, 0.4) is 0 Å². The van der Waals surface area contributed by atoms with E-state index in [1.807, 2.05) is 0 Å². The summed E-state index contributed by atoms with van der Waals surface area (Å²) in [4.78, 5) is 37.7. The van der Waals surface area contributed by atoms with Crippen LogP contribution in [-0.2, 0) is 28.6 Å². The van der Waals surface area contributed by atoms with Gasteiger partial charge in [-0.2, -0.15) is 0 Å². The minimum absolute atomic E-state index is 0.0808. The molecule has 0 aromatic rings. The zero-order chi connectivity index (χ0) is 45.1. The van der Waals surface area contributed by atoms with Crippen LogP contribution in [0.15, 0.2) is 48.6 Å². The van der Waals surface area contributed by atoms with Crippen LogP contribution < -0.4 is 0 Å². The van der Waals surface area contributed by atoms with Crippen molar-refractivity contribution in [3.63, 3.8) is 0 Å². The van der Waals surface area contributed by atoms with Crippen molar-refractivity contribution < 1.29 is 28.6 Å². The summed E-state index contributed by atoms with van der Waals surface area (Å²) in [5.41, 5.74) is 0. The van der Waals surface area contributed by atoms with Crippen molar-refractivity contribution in [2.45, 2.75) is 277 Å². The van der Waals surface area contributed by atoms with Gasteiger partial charge >= 0.3 is 17.9 Å². The van der Waals surface area contributed by atoms with E-state index in [1.54, 1.807) is 0 Å². The molecule has 1 atom stereocenters. The SMILES string of the molecule is CC/C=C\C/C=C\C/C=C\C/C=C\CCCCCCC(=O)OC(COC(=O)CCCCCCC)COC(=O)CCCCCCCCCCCCCCCCCCCCCCCC. The van der Waals surface area contributed by atoms with Gasteiger partial charge in [0.05, 0.1) is 0 Å². The van der Waals surface area contributed by atoms with Crippen LogP contribution in [0, 0.1) is 0 Å². The minimum atomic E-state index is -0.779. The number of esters is 3. The van der Waals surface area contributed by atoms with E-state index in [1.165, 1.54) is 128 Å². The number of rotatable bonds is 48. The minimum Gasteiger partial charge on any atom is -0.462 e. The second-order valence-electron chi connectivity index (χ2n) is 17.8. The molecule has 0 aliphatic carbocycles. The molecule has 0 radical (unpaired) electrons. The Morgan fingerprint density at radius 2 is 0.629 bits per heavy atom. The van der Waals surface area contributed by atoms with Crippen molar-refractivity contribution in [2.24, 2.45) is 0 Å². The van der Waals surface area contributed by atoms with Crippen molar-refractivity contribution in [1.29, 1.82) is 0 Å². The van der Waals surface area contributed by atoms with Gasteiger partial charge in [0.2, 0.25) is 0 Å². The summed E-state index contributed by atoms with van der Waals surface area (Å²) in [6, 6.07) is 0. The van der Waals surface area contributed by atoms with Crippen LogP contribution >= 0.6 is 0 Å². The molecule has 0 aliphatic rings. The first kappa shape index (κ1) is 59.4. The van der Waals surface area contributed by atoms with Crippen LogP contribution in [0.2, 0.25) is 0 Å². The van der Waals surface area contributed by atoms with E-state index in [2.05, 4.69) is 69.4 Å². The molecule has 0 amide bonds. The van der Waals surface area contributed by atoms with Crippen LogP contribution in [0.1, 0.15) is 271 Å². The molecule has 0 N–H and O–H groups in total. The summed E-state index contributed by atoms with van der Waals surface area (Å²) in [5.74, 6) is -0.910. The number of ether oxygens (including phenoxy) is 3. The van der Waals surface area contributed by atoms with E-state index < -0.39 is 6.10 Å². The lowest BCUT2D eigenvalue weighted by Crippen LogP contribution is -2.30. The monoisotopic (exact) mass is 869 g/mol. The highest BCUT2D eigenvalue weighted by Crippen LogP contribution is 2.16. The number of carbonyl (C=O) groups is 3. The zero-order valence-electron chi connectivity index (χ0n) is 41.1. The molecule has 0 fully saturated rings. The number of hydrogen-bond acceptors (Lipinski definition) is 6. The Kier molecular flexibility index (Phi) is 48.8. The first-order chi connectivity index (χ1) is 30.5. The van der Waals surface area contributed by atoms with Gasteiger partial charge in [0.1, 0.15) is 13.2 Å². The van der Waals surface area contributed by atoms with Gasteiger partial charge in [0.15, 0.2) is 6.10 Å². The lowest BCUT2D eigenvalue weighted by molar-refractivity contribution is -0.167. The molecule has 0 bridgehead atoms. The Bertz CT molecular complexity index is 1090. The van der Waals surface area contributed by atoms with E-state index in [0.29, 0.717) is 19.3 Å². The lowest BCUT2D eigenvalue weighted by atomic mass is 10.0. The maximum atomic E-state index is 12.7. The first-order valence-electron chi connectivity index (χ1n) is 26.6. The summed E-state index contributed by atoms with van der Waals surface area (Å²) >= 11 is 0. The van der Waals surface area contributed by atoms with Crippen LogP contribution in [-0.4, -0.2) is 37.2 Å². The lowest BCUT2D eigenvalue weighted by Gasteiger charge is -2.18. The van der Waals surface area contributed by atoms with E-state index in [9.17, 15) is 14.4 Å².